The molecule has 0 fully saturated rings. The zero-order valence-corrected chi connectivity index (χ0v) is 12.0. The van der Waals surface area contributed by atoms with Gasteiger partial charge < -0.3 is 9.88 Å². The lowest BCUT2D eigenvalue weighted by Gasteiger charge is -2.21. The Balaban J connectivity index is 2.33. The van der Waals surface area contributed by atoms with Crippen LogP contribution in [0.2, 0.25) is 0 Å². The SMILES string of the molecule is C#CCCn1c(CNC(C)(C)C)cc2ccccc21. The summed E-state index contributed by atoms with van der Waals surface area (Å²) >= 11 is 0. The fourth-order valence-corrected chi connectivity index (χ4v) is 2.21. The van der Waals surface area contributed by atoms with E-state index in [0.29, 0.717) is 0 Å². The predicted molar refractivity (Wildman–Crippen MR) is 82.0 cm³/mol. The van der Waals surface area contributed by atoms with E-state index in [0.717, 1.165) is 19.5 Å². The molecule has 0 bridgehead atoms. The molecule has 2 nitrogen and oxygen atoms in total. The maximum Gasteiger partial charge on any atom is 0.0483 e. The summed E-state index contributed by atoms with van der Waals surface area (Å²) in [7, 11) is 0. The average molecular weight is 254 g/mol. The third-order valence-electron chi connectivity index (χ3n) is 3.18. The van der Waals surface area contributed by atoms with Crippen LogP contribution in [0.25, 0.3) is 10.9 Å². The molecule has 100 valence electrons. The third kappa shape index (κ3) is 3.39. The quantitative estimate of drug-likeness (QED) is 0.826. The fourth-order valence-electron chi connectivity index (χ4n) is 2.21. The number of terminal acetylenes is 1. The number of aromatic nitrogens is 1. The Bertz CT molecular complexity index is 594. The molecule has 0 saturated carbocycles. The second-order valence-electron chi connectivity index (χ2n) is 5.90. The summed E-state index contributed by atoms with van der Waals surface area (Å²) in [6.45, 7) is 8.29. The van der Waals surface area contributed by atoms with Crippen molar-refractivity contribution in [2.24, 2.45) is 0 Å². The van der Waals surface area contributed by atoms with Crippen LogP contribution in [-0.2, 0) is 13.1 Å². The van der Waals surface area contributed by atoms with Crippen molar-refractivity contribution in [2.45, 2.75) is 45.8 Å². The normalized spacial score (nSPS) is 11.7. The number of aryl methyl sites for hydroxylation is 1. The summed E-state index contributed by atoms with van der Waals surface area (Å²) in [5.74, 6) is 2.73. The van der Waals surface area contributed by atoms with Crippen LogP contribution in [0.4, 0.5) is 0 Å². The Morgan fingerprint density at radius 3 is 2.68 bits per heavy atom. The molecule has 0 aliphatic carbocycles. The van der Waals surface area contributed by atoms with E-state index in [4.69, 9.17) is 6.42 Å². The molecule has 2 rings (SSSR count). The van der Waals surface area contributed by atoms with Gasteiger partial charge in [-0.05, 0) is 38.3 Å². The Morgan fingerprint density at radius 1 is 1.26 bits per heavy atom. The van der Waals surface area contributed by atoms with Crippen LogP contribution in [0.5, 0.6) is 0 Å². The van der Waals surface area contributed by atoms with Crippen molar-refractivity contribution in [1.82, 2.24) is 9.88 Å². The molecule has 2 heteroatoms. The van der Waals surface area contributed by atoms with E-state index < -0.39 is 0 Å². The van der Waals surface area contributed by atoms with E-state index >= 15 is 0 Å². The largest absolute Gasteiger partial charge is 0.342 e. The van der Waals surface area contributed by atoms with Crippen LogP contribution in [0.1, 0.15) is 32.9 Å². The minimum atomic E-state index is 0.118. The molecular formula is C17H22N2. The molecule has 0 saturated heterocycles. The van der Waals surface area contributed by atoms with Crippen molar-refractivity contribution in [1.29, 1.82) is 0 Å². The lowest BCUT2D eigenvalue weighted by atomic mass is 10.1. The van der Waals surface area contributed by atoms with Crippen LogP contribution in [-0.4, -0.2) is 10.1 Å². The van der Waals surface area contributed by atoms with Gasteiger partial charge in [0.1, 0.15) is 0 Å². The molecule has 1 aromatic heterocycles. The van der Waals surface area contributed by atoms with Gasteiger partial charge in [-0.15, -0.1) is 12.3 Å². The van der Waals surface area contributed by atoms with Gasteiger partial charge in [-0.1, -0.05) is 18.2 Å². The molecule has 0 unspecified atom stereocenters. The van der Waals surface area contributed by atoms with Gasteiger partial charge in [0.15, 0.2) is 0 Å². The number of rotatable bonds is 4. The fraction of sp³-hybridized carbons (Fsp3) is 0.412. The number of hydrogen-bond donors (Lipinski definition) is 1. The first-order chi connectivity index (χ1) is 9.01. The van der Waals surface area contributed by atoms with E-state index in [-0.39, 0.29) is 5.54 Å². The molecule has 0 aliphatic rings. The lowest BCUT2D eigenvalue weighted by Crippen LogP contribution is -2.35. The van der Waals surface area contributed by atoms with Gasteiger partial charge in [0, 0.05) is 36.3 Å². The Hall–Kier alpha value is -1.72. The molecular weight excluding hydrogens is 232 g/mol. The number of hydrogen-bond acceptors (Lipinski definition) is 1. The molecule has 1 aromatic carbocycles. The summed E-state index contributed by atoms with van der Waals surface area (Å²) < 4.78 is 2.33. The Morgan fingerprint density at radius 2 is 2.00 bits per heavy atom. The standard InChI is InChI=1S/C17H22N2/c1-5-6-11-19-15(13-18-17(2,3)4)12-14-9-7-8-10-16(14)19/h1,7-10,12,18H,6,11,13H2,2-4H3. The summed E-state index contributed by atoms with van der Waals surface area (Å²) in [5.41, 5.74) is 2.68. The minimum absolute atomic E-state index is 0.118. The molecule has 1 N–H and O–H groups in total. The predicted octanol–water partition coefficient (Wildman–Crippen LogP) is 3.55. The molecule has 0 amide bonds. The van der Waals surface area contributed by atoms with E-state index in [2.05, 4.69) is 66.9 Å². The van der Waals surface area contributed by atoms with Crippen molar-refractivity contribution in [3.63, 3.8) is 0 Å². The maximum absolute atomic E-state index is 5.40. The van der Waals surface area contributed by atoms with Gasteiger partial charge in [0.25, 0.3) is 0 Å². The van der Waals surface area contributed by atoms with Crippen molar-refractivity contribution in [3.8, 4) is 12.3 Å². The molecule has 0 aliphatic heterocycles. The summed E-state index contributed by atoms with van der Waals surface area (Å²) in [6, 6.07) is 10.7. The smallest absolute Gasteiger partial charge is 0.0483 e. The molecule has 0 atom stereocenters. The number of para-hydroxylation sites is 1. The molecule has 0 radical (unpaired) electrons. The topological polar surface area (TPSA) is 17.0 Å². The summed E-state index contributed by atoms with van der Waals surface area (Å²) in [5, 5.41) is 4.83. The second-order valence-corrected chi connectivity index (χ2v) is 5.90. The van der Waals surface area contributed by atoms with Gasteiger partial charge in [0.05, 0.1) is 0 Å². The number of benzene rings is 1. The highest BCUT2D eigenvalue weighted by Gasteiger charge is 2.12. The van der Waals surface area contributed by atoms with Gasteiger partial charge in [0.2, 0.25) is 0 Å². The highest BCUT2D eigenvalue weighted by Crippen LogP contribution is 2.20. The van der Waals surface area contributed by atoms with Crippen LogP contribution < -0.4 is 5.32 Å². The Labute approximate surface area is 115 Å². The first-order valence-corrected chi connectivity index (χ1v) is 6.77. The minimum Gasteiger partial charge on any atom is -0.342 e. The van der Waals surface area contributed by atoms with Crippen molar-refractivity contribution >= 4 is 10.9 Å². The monoisotopic (exact) mass is 254 g/mol. The molecule has 2 aromatic rings. The van der Waals surface area contributed by atoms with Crippen LogP contribution >= 0.6 is 0 Å². The number of nitrogens with one attached hydrogen (secondary N) is 1. The summed E-state index contributed by atoms with van der Waals surface area (Å²) in [4.78, 5) is 0. The summed E-state index contributed by atoms with van der Waals surface area (Å²) in [6.07, 6.45) is 6.17. The van der Waals surface area contributed by atoms with Gasteiger partial charge in [-0.3, -0.25) is 0 Å². The van der Waals surface area contributed by atoms with Crippen LogP contribution in [0, 0.1) is 12.3 Å². The van der Waals surface area contributed by atoms with Crippen LogP contribution in [0.15, 0.2) is 30.3 Å². The van der Waals surface area contributed by atoms with Gasteiger partial charge in [-0.25, -0.2) is 0 Å². The first-order valence-electron chi connectivity index (χ1n) is 6.77. The van der Waals surface area contributed by atoms with E-state index in [1.54, 1.807) is 0 Å². The second kappa shape index (κ2) is 5.50. The molecule has 0 spiro atoms. The van der Waals surface area contributed by atoms with E-state index in [9.17, 15) is 0 Å². The first kappa shape index (κ1) is 13.7. The zero-order valence-electron chi connectivity index (χ0n) is 12.0. The highest BCUT2D eigenvalue weighted by molar-refractivity contribution is 5.81. The number of fused-ring (bicyclic) bond motifs is 1. The van der Waals surface area contributed by atoms with Crippen molar-refractivity contribution in [2.75, 3.05) is 0 Å². The average Bonchev–Trinajstić information content (AvgIpc) is 2.71. The van der Waals surface area contributed by atoms with E-state index in [1.807, 2.05) is 0 Å². The number of nitrogens with zero attached hydrogens (tertiary/aromatic N) is 1. The lowest BCUT2D eigenvalue weighted by molar-refractivity contribution is 0.416. The van der Waals surface area contributed by atoms with Crippen molar-refractivity contribution < 1.29 is 0 Å². The van der Waals surface area contributed by atoms with Crippen LogP contribution in [0.3, 0.4) is 0 Å². The third-order valence-corrected chi connectivity index (χ3v) is 3.18. The van der Waals surface area contributed by atoms with Crippen molar-refractivity contribution in [3.05, 3.63) is 36.0 Å². The highest BCUT2D eigenvalue weighted by atomic mass is 15.0. The maximum atomic E-state index is 5.40. The zero-order chi connectivity index (χ0) is 13.9. The van der Waals surface area contributed by atoms with E-state index in [1.165, 1.54) is 16.6 Å². The Kier molecular flexibility index (Phi) is 3.97. The van der Waals surface area contributed by atoms with Gasteiger partial charge in [-0.2, -0.15) is 0 Å². The molecule has 1 heterocycles. The van der Waals surface area contributed by atoms with Gasteiger partial charge >= 0.3 is 0 Å². The molecule has 19 heavy (non-hydrogen) atoms.